The van der Waals surface area contributed by atoms with E-state index < -0.39 is 0 Å². The van der Waals surface area contributed by atoms with Gasteiger partial charge in [0.1, 0.15) is 0 Å². The number of fused-ring (bicyclic) bond motifs is 2. The van der Waals surface area contributed by atoms with Gasteiger partial charge in [0.25, 0.3) is 0 Å². The van der Waals surface area contributed by atoms with Crippen LogP contribution >= 0.6 is 8.58 Å². The maximum atomic E-state index is 2.32. The third-order valence-corrected chi connectivity index (χ3v) is 6.78. The lowest BCUT2D eigenvalue weighted by Gasteiger charge is -2.45. The molecule has 2 saturated heterocycles. The third kappa shape index (κ3) is 3.19. The summed E-state index contributed by atoms with van der Waals surface area (Å²) in [5.74, 6) is 0. The van der Waals surface area contributed by atoms with Crippen LogP contribution in [0.5, 0.6) is 0 Å². The van der Waals surface area contributed by atoms with Crippen molar-refractivity contribution < 1.29 is 0 Å². The molecule has 1 atom stereocenters. The van der Waals surface area contributed by atoms with E-state index in [1.165, 1.54) is 34.3 Å². The molecule has 2 fully saturated rings. The standard InChI is InChI=1S/C14H27P/c1-2-3-4-5-10-14-11-6-8-13(15-14)9-7-12-14/h13,15H,2-12H2,1H3. The summed E-state index contributed by atoms with van der Waals surface area (Å²) in [6.07, 6.45) is 16.8. The van der Waals surface area contributed by atoms with Gasteiger partial charge in [0, 0.05) is 0 Å². The fourth-order valence-corrected chi connectivity index (χ4v) is 6.10. The summed E-state index contributed by atoms with van der Waals surface area (Å²) in [5.41, 5.74) is 1.15. The molecular formula is C14H27P. The van der Waals surface area contributed by atoms with Gasteiger partial charge in [-0.25, -0.2) is 0 Å². The largest absolute Gasteiger partial charge is 0.112 e. The summed E-state index contributed by atoms with van der Waals surface area (Å²) in [7, 11) is 1.34. The second-order valence-electron chi connectivity index (χ2n) is 5.72. The van der Waals surface area contributed by atoms with E-state index in [9.17, 15) is 0 Å². The van der Waals surface area contributed by atoms with E-state index in [0.717, 1.165) is 10.8 Å². The number of hydrogen-bond acceptors (Lipinski definition) is 0. The molecule has 2 rings (SSSR count). The lowest BCUT2D eigenvalue weighted by molar-refractivity contribution is 0.352. The van der Waals surface area contributed by atoms with E-state index in [1.54, 1.807) is 44.9 Å². The third-order valence-electron chi connectivity index (χ3n) is 4.44. The smallest absolute Gasteiger partial charge is 0.0119 e. The first-order chi connectivity index (χ1) is 7.35. The molecule has 0 aromatic heterocycles. The topological polar surface area (TPSA) is 0 Å². The highest BCUT2D eigenvalue weighted by Crippen LogP contribution is 2.56. The lowest BCUT2D eigenvalue weighted by Crippen LogP contribution is -2.34. The Hall–Kier alpha value is 0.430. The van der Waals surface area contributed by atoms with Crippen LogP contribution in [0.25, 0.3) is 0 Å². The number of rotatable bonds is 5. The highest BCUT2D eigenvalue weighted by atomic mass is 31.1. The van der Waals surface area contributed by atoms with Gasteiger partial charge < -0.3 is 0 Å². The van der Waals surface area contributed by atoms with Crippen LogP contribution in [0, 0.1) is 0 Å². The van der Waals surface area contributed by atoms with Crippen molar-refractivity contribution in [1.82, 2.24) is 0 Å². The molecule has 2 heterocycles. The van der Waals surface area contributed by atoms with Gasteiger partial charge in [-0.1, -0.05) is 45.4 Å². The Morgan fingerprint density at radius 2 is 1.80 bits per heavy atom. The van der Waals surface area contributed by atoms with Crippen molar-refractivity contribution in [2.24, 2.45) is 0 Å². The zero-order valence-electron chi connectivity index (χ0n) is 10.4. The van der Waals surface area contributed by atoms with Crippen LogP contribution in [0.3, 0.4) is 0 Å². The number of hydrogen-bond donors (Lipinski definition) is 0. The Kier molecular flexibility index (Phi) is 4.50. The van der Waals surface area contributed by atoms with Gasteiger partial charge in [0.05, 0.1) is 0 Å². The van der Waals surface area contributed by atoms with E-state index in [1.807, 2.05) is 0 Å². The van der Waals surface area contributed by atoms with Crippen LogP contribution in [-0.2, 0) is 0 Å². The van der Waals surface area contributed by atoms with Crippen molar-refractivity contribution in [3.8, 4) is 0 Å². The first kappa shape index (κ1) is 11.9. The van der Waals surface area contributed by atoms with Crippen LogP contribution < -0.4 is 0 Å². The molecule has 0 aliphatic carbocycles. The first-order valence-electron chi connectivity index (χ1n) is 7.12. The maximum absolute atomic E-state index is 2.32. The molecule has 1 heteroatoms. The van der Waals surface area contributed by atoms with E-state index in [4.69, 9.17) is 0 Å². The molecule has 2 bridgehead atoms. The van der Waals surface area contributed by atoms with E-state index in [0.29, 0.717) is 0 Å². The zero-order chi connectivity index (χ0) is 10.6. The van der Waals surface area contributed by atoms with E-state index in [2.05, 4.69) is 6.92 Å². The molecule has 0 spiro atoms. The quantitative estimate of drug-likeness (QED) is 0.451. The van der Waals surface area contributed by atoms with Gasteiger partial charge in [0.15, 0.2) is 0 Å². The number of unbranched alkanes of at least 4 members (excludes halogenated alkanes) is 3. The molecule has 2 aliphatic rings. The van der Waals surface area contributed by atoms with Crippen molar-refractivity contribution >= 4 is 8.58 Å². The fourth-order valence-electron chi connectivity index (χ4n) is 3.58. The zero-order valence-corrected chi connectivity index (χ0v) is 11.4. The highest BCUT2D eigenvalue weighted by Gasteiger charge is 2.38. The Morgan fingerprint density at radius 3 is 2.47 bits per heavy atom. The summed E-state index contributed by atoms with van der Waals surface area (Å²) in [6, 6.07) is 0. The summed E-state index contributed by atoms with van der Waals surface area (Å²) >= 11 is 0. The molecule has 0 aromatic rings. The molecule has 88 valence electrons. The summed E-state index contributed by atoms with van der Waals surface area (Å²) in [5, 5.41) is 0.856. The molecule has 0 radical (unpaired) electrons. The van der Waals surface area contributed by atoms with Crippen LogP contribution in [0.15, 0.2) is 0 Å². The van der Waals surface area contributed by atoms with Gasteiger partial charge >= 0.3 is 0 Å². The fraction of sp³-hybridized carbons (Fsp3) is 1.00. The molecular weight excluding hydrogens is 199 g/mol. The second kappa shape index (κ2) is 5.67. The summed E-state index contributed by atoms with van der Waals surface area (Å²) in [4.78, 5) is 0. The maximum Gasteiger partial charge on any atom is -0.0119 e. The Morgan fingerprint density at radius 1 is 1.07 bits per heavy atom. The Balaban J connectivity index is 1.77. The van der Waals surface area contributed by atoms with Gasteiger partial charge in [-0.2, -0.15) is 0 Å². The van der Waals surface area contributed by atoms with Crippen molar-refractivity contribution in [3.05, 3.63) is 0 Å². The van der Waals surface area contributed by atoms with Gasteiger partial charge in [0.2, 0.25) is 0 Å². The molecule has 0 N–H and O–H groups in total. The van der Waals surface area contributed by atoms with Crippen LogP contribution in [-0.4, -0.2) is 10.8 Å². The molecule has 0 saturated carbocycles. The monoisotopic (exact) mass is 226 g/mol. The predicted molar refractivity (Wildman–Crippen MR) is 71.3 cm³/mol. The molecule has 0 nitrogen and oxygen atoms in total. The van der Waals surface area contributed by atoms with Gasteiger partial charge in [-0.3, -0.25) is 0 Å². The Labute approximate surface area is 97.4 Å². The predicted octanol–water partition coefficient (Wildman–Crippen LogP) is 5.11. The normalized spacial score (nSPS) is 37.0. The van der Waals surface area contributed by atoms with Crippen molar-refractivity contribution in [3.63, 3.8) is 0 Å². The van der Waals surface area contributed by atoms with Crippen LogP contribution in [0.1, 0.15) is 77.6 Å². The molecule has 2 aliphatic heterocycles. The van der Waals surface area contributed by atoms with Gasteiger partial charge in [-0.15, -0.1) is 8.58 Å². The van der Waals surface area contributed by atoms with Crippen LogP contribution in [0.4, 0.5) is 0 Å². The minimum absolute atomic E-state index is 0.856. The molecule has 0 aromatic carbocycles. The second-order valence-corrected chi connectivity index (χ2v) is 7.88. The molecule has 1 unspecified atom stereocenters. The average Bonchev–Trinajstić information content (AvgIpc) is 2.25. The highest BCUT2D eigenvalue weighted by molar-refractivity contribution is 7.41. The van der Waals surface area contributed by atoms with E-state index >= 15 is 0 Å². The average molecular weight is 226 g/mol. The molecule has 0 amide bonds. The van der Waals surface area contributed by atoms with Crippen LogP contribution in [0.2, 0.25) is 0 Å². The van der Waals surface area contributed by atoms with Gasteiger partial charge in [-0.05, 0) is 42.9 Å². The van der Waals surface area contributed by atoms with E-state index in [-0.39, 0.29) is 0 Å². The van der Waals surface area contributed by atoms with Crippen molar-refractivity contribution in [2.45, 2.75) is 88.4 Å². The first-order valence-corrected chi connectivity index (χ1v) is 8.20. The van der Waals surface area contributed by atoms with Crippen molar-refractivity contribution in [1.29, 1.82) is 0 Å². The summed E-state index contributed by atoms with van der Waals surface area (Å²) < 4.78 is 0. The Bertz CT molecular complexity index is 178. The van der Waals surface area contributed by atoms with Crippen molar-refractivity contribution in [2.75, 3.05) is 0 Å². The molecule has 15 heavy (non-hydrogen) atoms. The SMILES string of the molecule is CCCCCCC12CCCC(CCC1)P2. The lowest BCUT2D eigenvalue weighted by atomic mass is 9.85. The minimum Gasteiger partial charge on any atom is -0.112 e. The minimum atomic E-state index is 0.856. The summed E-state index contributed by atoms with van der Waals surface area (Å²) in [6.45, 7) is 2.32.